The van der Waals surface area contributed by atoms with E-state index in [-0.39, 0.29) is 17.1 Å². The predicted octanol–water partition coefficient (Wildman–Crippen LogP) is 3.28. The summed E-state index contributed by atoms with van der Waals surface area (Å²) in [6.07, 6.45) is 2.17. The van der Waals surface area contributed by atoms with Crippen LogP contribution in [0, 0.1) is 6.42 Å². The molecule has 1 heteroatoms. The van der Waals surface area contributed by atoms with Crippen LogP contribution in [0.25, 0.3) is 0 Å². The molecule has 2 rings (SSSR count). The fraction of sp³-hybridized carbons (Fsp3) is 0. The first-order valence-electron chi connectivity index (χ1n) is 4.40. The quantitative estimate of drug-likeness (QED) is 0.695. The van der Waals surface area contributed by atoms with Crippen molar-refractivity contribution in [3.05, 3.63) is 78.2 Å². The van der Waals surface area contributed by atoms with E-state index in [0.29, 0.717) is 0 Å². The summed E-state index contributed by atoms with van der Waals surface area (Å²) in [4.78, 5) is 0. The molecule has 0 saturated heterocycles. The van der Waals surface area contributed by atoms with Gasteiger partial charge in [-0.1, -0.05) is 60.7 Å². The normalized spacial score (nSPS) is 9.14. The van der Waals surface area contributed by atoms with Crippen LogP contribution in [0.1, 0.15) is 11.1 Å². The average molecular weight is 231 g/mol. The van der Waals surface area contributed by atoms with Crippen LogP contribution in [0.15, 0.2) is 60.7 Å². The van der Waals surface area contributed by atoms with E-state index in [1.54, 1.807) is 0 Å². The Hall–Kier alpha value is -1.04. The summed E-state index contributed by atoms with van der Waals surface area (Å²) < 4.78 is 0. The van der Waals surface area contributed by atoms with Crippen molar-refractivity contribution in [3.63, 3.8) is 0 Å². The zero-order valence-electron chi connectivity index (χ0n) is 7.65. The van der Waals surface area contributed by atoms with Gasteiger partial charge in [-0.25, -0.2) is 0 Å². The zero-order chi connectivity index (χ0) is 8.93. The van der Waals surface area contributed by atoms with Gasteiger partial charge in [-0.15, -0.1) is 0 Å². The predicted molar refractivity (Wildman–Crippen MR) is 55.4 cm³/mol. The van der Waals surface area contributed by atoms with Crippen molar-refractivity contribution in [3.8, 4) is 0 Å². The van der Waals surface area contributed by atoms with Gasteiger partial charge < -0.3 is 0 Å². The minimum Gasteiger partial charge on any atom is -0.0622 e. The maximum Gasteiger partial charge on any atom is 0.0199 e. The molecular weight excluding hydrogens is 220 g/mol. The first kappa shape index (κ1) is 11.0. The first-order chi connectivity index (χ1) is 6.45. The molecule has 0 bridgehead atoms. The van der Waals surface area contributed by atoms with Crippen LogP contribution < -0.4 is 0 Å². The first-order valence-corrected chi connectivity index (χ1v) is 4.40. The number of hydrogen-bond acceptors (Lipinski definition) is 0. The van der Waals surface area contributed by atoms with E-state index in [0.717, 1.165) is 0 Å². The van der Waals surface area contributed by atoms with E-state index < -0.39 is 0 Å². The standard InChI is InChI=1S/C13H11.Cu/c1-3-7-12(8-4-1)11-13-9-5-2-6-10-13;/h1-11H;. The molecule has 0 spiro atoms. The van der Waals surface area contributed by atoms with Crippen molar-refractivity contribution in [2.75, 3.05) is 0 Å². The average Bonchev–Trinajstić information content (AvgIpc) is 2.21. The molecule has 14 heavy (non-hydrogen) atoms. The Bertz CT molecular complexity index is 316. The van der Waals surface area contributed by atoms with Crippen LogP contribution in [0.4, 0.5) is 0 Å². The second kappa shape index (κ2) is 5.64. The largest absolute Gasteiger partial charge is 0.0622 e. The van der Waals surface area contributed by atoms with Crippen LogP contribution >= 0.6 is 0 Å². The fourth-order valence-corrected chi connectivity index (χ4v) is 1.29. The maximum absolute atomic E-state index is 2.17. The van der Waals surface area contributed by atoms with Crippen LogP contribution in [-0.4, -0.2) is 0 Å². The summed E-state index contributed by atoms with van der Waals surface area (Å²) in [6, 6.07) is 20.7. The number of benzene rings is 2. The minimum absolute atomic E-state index is 0. The molecule has 0 N–H and O–H groups in total. The number of rotatable bonds is 2. The van der Waals surface area contributed by atoms with Gasteiger partial charge in [0.2, 0.25) is 0 Å². The Morgan fingerprint density at radius 1 is 0.571 bits per heavy atom. The van der Waals surface area contributed by atoms with Crippen LogP contribution in [0.2, 0.25) is 0 Å². The van der Waals surface area contributed by atoms with Gasteiger partial charge in [0.1, 0.15) is 0 Å². The van der Waals surface area contributed by atoms with Gasteiger partial charge >= 0.3 is 0 Å². The molecular formula is C13H11Cu. The maximum atomic E-state index is 2.17. The summed E-state index contributed by atoms with van der Waals surface area (Å²) >= 11 is 0. The summed E-state index contributed by atoms with van der Waals surface area (Å²) in [5.41, 5.74) is 2.49. The molecule has 0 nitrogen and oxygen atoms in total. The molecule has 2 aromatic rings. The van der Waals surface area contributed by atoms with Crippen molar-refractivity contribution in [2.24, 2.45) is 0 Å². The third-order valence-corrected chi connectivity index (χ3v) is 1.93. The van der Waals surface area contributed by atoms with E-state index in [4.69, 9.17) is 0 Å². The van der Waals surface area contributed by atoms with Gasteiger partial charge in [0, 0.05) is 23.5 Å². The molecule has 0 fully saturated rings. The van der Waals surface area contributed by atoms with E-state index >= 15 is 0 Å². The van der Waals surface area contributed by atoms with E-state index in [1.165, 1.54) is 11.1 Å². The van der Waals surface area contributed by atoms with Gasteiger partial charge in [-0.2, -0.15) is 0 Å². The molecule has 0 aromatic heterocycles. The second-order valence-electron chi connectivity index (χ2n) is 2.97. The summed E-state index contributed by atoms with van der Waals surface area (Å²) in [6.45, 7) is 0. The Balaban J connectivity index is 0.000000980. The molecule has 0 aliphatic rings. The Morgan fingerprint density at radius 2 is 0.929 bits per heavy atom. The fourth-order valence-electron chi connectivity index (χ4n) is 1.29. The topological polar surface area (TPSA) is 0 Å². The van der Waals surface area contributed by atoms with Crippen LogP contribution in [0.5, 0.6) is 0 Å². The van der Waals surface area contributed by atoms with Crippen molar-refractivity contribution in [1.29, 1.82) is 0 Å². The molecule has 0 aliphatic carbocycles. The Labute approximate surface area is 95.4 Å². The molecule has 0 heterocycles. The van der Waals surface area contributed by atoms with E-state index in [1.807, 2.05) is 12.1 Å². The van der Waals surface area contributed by atoms with Gasteiger partial charge in [0.25, 0.3) is 0 Å². The molecule has 0 amide bonds. The molecule has 0 unspecified atom stereocenters. The van der Waals surface area contributed by atoms with Gasteiger partial charge in [0.05, 0.1) is 0 Å². The molecule has 0 aliphatic heterocycles. The monoisotopic (exact) mass is 230 g/mol. The van der Waals surface area contributed by atoms with E-state index in [9.17, 15) is 0 Å². The number of hydrogen-bond donors (Lipinski definition) is 0. The van der Waals surface area contributed by atoms with Crippen molar-refractivity contribution < 1.29 is 17.1 Å². The Kier molecular flexibility index (Phi) is 4.45. The summed E-state index contributed by atoms with van der Waals surface area (Å²) in [5, 5.41) is 0. The van der Waals surface area contributed by atoms with Crippen molar-refractivity contribution in [1.82, 2.24) is 0 Å². The van der Waals surface area contributed by atoms with E-state index in [2.05, 4.69) is 55.0 Å². The summed E-state index contributed by atoms with van der Waals surface area (Å²) in [5.74, 6) is 0. The molecule has 0 atom stereocenters. The Morgan fingerprint density at radius 3 is 1.29 bits per heavy atom. The van der Waals surface area contributed by atoms with Gasteiger partial charge in [-0.05, 0) is 11.1 Å². The minimum atomic E-state index is 0. The molecule has 0 saturated carbocycles. The third-order valence-electron chi connectivity index (χ3n) is 1.93. The van der Waals surface area contributed by atoms with Crippen LogP contribution in [0.3, 0.4) is 0 Å². The van der Waals surface area contributed by atoms with Crippen molar-refractivity contribution >= 4 is 0 Å². The zero-order valence-corrected chi connectivity index (χ0v) is 8.59. The van der Waals surface area contributed by atoms with Gasteiger partial charge in [-0.3, -0.25) is 0 Å². The second-order valence-corrected chi connectivity index (χ2v) is 2.97. The molecule has 74 valence electrons. The van der Waals surface area contributed by atoms with Crippen molar-refractivity contribution in [2.45, 2.75) is 0 Å². The summed E-state index contributed by atoms with van der Waals surface area (Å²) in [7, 11) is 0. The van der Waals surface area contributed by atoms with Gasteiger partial charge in [0.15, 0.2) is 0 Å². The van der Waals surface area contributed by atoms with Crippen LogP contribution in [-0.2, 0) is 17.1 Å². The molecule has 2 radical (unpaired) electrons. The third kappa shape index (κ3) is 3.02. The smallest absolute Gasteiger partial charge is 0.0199 e. The molecule has 2 aromatic carbocycles. The SMILES string of the molecule is [CH](c1ccccc1)c1ccccc1.[Cu].